The van der Waals surface area contributed by atoms with E-state index in [9.17, 15) is 0 Å². The molecule has 2 aromatic rings. The predicted octanol–water partition coefficient (Wildman–Crippen LogP) is 3.82. The molecule has 2 aromatic carbocycles. The molecule has 2 rings (SSSR count). The molecule has 21 heavy (non-hydrogen) atoms. The van der Waals surface area contributed by atoms with Crippen molar-refractivity contribution in [2.75, 3.05) is 6.54 Å². The van der Waals surface area contributed by atoms with Gasteiger partial charge >= 0.3 is 0 Å². The summed E-state index contributed by atoms with van der Waals surface area (Å²) in [5, 5.41) is 0. The Morgan fingerprint density at radius 3 is 1.62 bits per heavy atom. The van der Waals surface area contributed by atoms with E-state index in [0.717, 1.165) is 26.1 Å². The van der Waals surface area contributed by atoms with E-state index in [1.54, 1.807) is 0 Å². The van der Waals surface area contributed by atoms with Gasteiger partial charge in [-0.25, -0.2) is 0 Å². The molecule has 112 valence electrons. The SMILES string of the molecule is CC(C)(N)CCN(Cc1ccccc1)Cc1ccccc1. The number of rotatable bonds is 7. The molecule has 0 radical (unpaired) electrons. The first kappa shape index (κ1) is 15.7. The van der Waals surface area contributed by atoms with Crippen LogP contribution in [-0.2, 0) is 13.1 Å². The highest BCUT2D eigenvalue weighted by Gasteiger charge is 2.14. The highest BCUT2D eigenvalue weighted by atomic mass is 15.1. The molecule has 2 N–H and O–H groups in total. The van der Waals surface area contributed by atoms with Crippen molar-refractivity contribution in [3.8, 4) is 0 Å². The number of nitrogens with zero attached hydrogens (tertiary/aromatic N) is 1. The van der Waals surface area contributed by atoms with Crippen LogP contribution >= 0.6 is 0 Å². The van der Waals surface area contributed by atoms with E-state index in [1.807, 2.05) is 0 Å². The summed E-state index contributed by atoms with van der Waals surface area (Å²) in [5.41, 5.74) is 8.72. The lowest BCUT2D eigenvalue weighted by Gasteiger charge is -2.27. The molecule has 0 spiro atoms. The molecule has 0 saturated carbocycles. The summed E-state index contributed by atoms with van der Waals surface area (Å²) < 4.78 is 0. The van der Waals surface area contributed by atoms with Gasteiger partial charge in [0.1, 0.15) is 0 Å². The van der Waals surface area contributed by atoms with E-state index >= 15 is 0 Å². The number of hydrogen-bond acceptors (Lipinski definition) is 2. The van der Waals surface area contributed by atoms with Gasteiger partial charge in [-0.05, 0) is 31.4 Å². The topological polar surface area (TPSA) is 29.3 Å². The van der Waals surface area contributed by atoms with Gasteiger partial charge in [-0.1, -0.05) is 60.7 Å². The van der Waals surface area contributed by atoms with Crippen molar-refractivity contribution >= 4 is 0 Å². The molecule has 0 unspecified atom stereocenters. The Morgan fingerprint density at radius 1 is 0.810 bits per heavy atom. The Morgan fingerprint density at radius 2 is 1.24 bits per heavy atom. The lowest BCUT2D eigenvalue weighted by molar-refractivity contribution is 0.232. The third-order valence-electron chi connectivity index (χ3n) is 3.57. The molecule has 0 bridgehead atoms. The van der Waals surface area contributed by atoms with Gasteiger partial charge in [0.05, 0.1) is 0 Å². The van der Waals surface area contributed by atoms with Crippen LogP contribution < -0.4 is 5.73 Å². The maximum atomic E-state index is 6.14. The van der Waals surface area contributed by atoms with Gasteiger partial charge in [0.2, 0.25) is 0 Å². The zero-order valence-electron chi connectivity index (χ0n) is 13.1. The van der Waals surface area contributed by atoms with E-state index in [0.29, 0.717) is 0 Å². The Labute approximate surface area is 128 Å². The van der Waals surface area contributed by atoms with Crippen molar-refractivity contribution < 1.29 is 0 Å². The molecule has 0 saturated heterocycles. The van der Waals surface area contributed by atoms with Gasteiger partial charge < -0.3 is 5.73 Å². The Bertz CT molecular complexity index is 473. The summed E-state index contributed by atoms with van der Waals surface area (Å²) in [5.74, 6) is 0. The number of hydrogen-bond donors (Lipinski definition) is 1. The van der Waals surface area contributed by atoms with Gasteiger partial charge in [-0.15, -0.1) is 0 Å². The summed E-state index contributed by atoms with van der Waals surface area (Å²) in [6, 6.07) is 21.3. The average Bonchev–Trinajstić information content (AvgIpc) is 2.46. The molecule has 0 aliphatic rings. The number of nitrogens with two attached hydrogens (primary N) is 1. The van der Waals surface area contributed by atoms with Crippen LogP contribution in [0.5, 0.6) is 0 Å². The summed E-state index contributed by atoms with van der Waals surface area (Å²) in [6.45, 7) is 7.12. The minimum absolute atomic E-state index is 0.119. The van der Waals surface area contributed by atoms with Gasteiger partial charge in [0.25, 0.3) is 0 Å². The first-order chi connectivity index (χ1) is 10.0. The van der Waals surface area contributed by atoms with Crippen LogP contribution in [0.4, 0.5) is 0 Å². The molecular formula is C19H26N2. The standard InChI is InChI=1S/C19H26N2/c1-19(2,20)13-14-21(15-17-9-5-3-6-10-17)16-18-11-7-4-8-12-18/h3-12H,13-16,20H2,1-2H3. The third-order valence-corrected chi connectivity index (χ3v) is 3.57. The summed E-state index contributed by atoms with van der Waals surface area (Å²) >= 11 is 0. The number of benzene rings is 2. The van der Waals surface area contributed by atoms with Crippen LogP contribution in [0.25, 0.3) is 0 Å². The monoisotopic (exact) mass is 282 g/mol. The van der Waals surface area contributed by atoms with Gasteiger partial charge in [-0.3, -0.25) is 4.90 Å². The minimum Gasteiger partial charge on any atom is -0.326 e. The molecule has 0 aromatic heterocycles. The van der Waals surface area contributed by atoms with E-state index in [1.165, 1.54) is 11.1 Å². The van der Waals surface area contributed by atoms with Crippen molar-refractivity contribution in [2.45, 2.75) is 38.9 Å². The van der Waals surface area contributed by atoms with E-state index < -0.39 is 0 Å². The molecule has 0 amide bonds. The second kappa shape index (κ2) is 7.39. The first-order valence-electron chi connectivity index (χ1n) is 7.62. The molecule has 0 fully saturated rings. The zero-order valence-corrected chi connectivity index (χ0v) is 13.1. The molecule has 0 aliphatic carbocycles. The van der Waals surface area contributed by atoms with Crippen LogP contribution in [-0.4, -0.2) is 17.0 Å². The van der Waals surface area contributed by atoms with Crippen molar-refractivity contribution in [3.63, 3.8) is 0 Å². The minimum atomic E-state index is -0.119. The Hall–Kier alpha value is -1.64. The van der Waals surface area contributed by atoms with Crippen LogP contribution in [0.15, 0.2) is 60.7 Å². The molecule has 2 nitrogen and oxygen atoms in total. The summed E-state index contributed by atoms with van der Waals surface area (Å²) in [7, 11) is 0. The van der Waals surface area contributed by atoms with E-state index in [4.69, 9.17) is 5.73 Å². The fraction of sp³-hybridized carbons (Fsp3) is 0.368. The normalized spacial score (nSPS) is 11.8. The van der Waals surface area contributed by atoms with Crippen LogP contribution in [0.2, 0.25) is 0 Å². The fourth-order valence-corrected chi connectivity index (χ4v) is 2.34. The molecule has 0 atom stereocenters. The molecule has 0 heterocycles. The Kier molecular flexibility index (Phi) is 5.54. The zero-order chi connectivity index (χ0) is 15.1. The average molecular weight is 282 g/mol. The van der Waals surface area contributed by atoms with Crippen LogP contribution in [0.3, 0.4) is 0 Å². The van der Waals surface area contributed by atoms with Crippen LogP contribution in [0, 0.1) is 0 Å². The second-order valence-corrected chi connectivity index (χ2v) is 6.42. The Balaban J connectivity index is 2.03. The highest BCUT2D eigenvalue weighted by molar-refractivity contribution is 5.17. The summed E-state index contributed by atoms with van der Waals surface area (Å²) in [4.78, 5) is 2.47. The predicted molar refractivity (Wildman–Crippen MR) is 89.9 cm³/mol. The molecule has 0 aliphatic heterocycles. The lowest BCUT2D eigenvalue weighted by Crippen LogP contribution is -2.37. The third kappa shape index (κ3) is 6.11. The quantitative estimate of drug-likeness (QED) is 0.836. The largest absolute Gasteiger partial charge is 0.326 e. The molecular weight excluding hydrogens is 256 g/mol. The molecule has 2 heteroatoms. The van der Waals surface area contributed by atoms with E-state index in [2.05, 4.69) is 79.4 Å². The lowest BCUT2D eigenvalue weighted by atomic mass is 10.0. The fourth-order valence-electron chi connectivity index (χ4n) is 2.34. The smallest absolute Gasteiger partial charge is 0.0237 e. The van der Waals surface area contributed by atoms with Crippen LogP contribution in [0.1, 0.15) is 31.4 Å². The van der Waals surface area contributed by atoms with Crippen molar-refractivity contribution in [1.82, 2.24) is 4.90 Å². The summed E-state index contributed by atoms with van der Waals surface area (Å²) in [6.07, 6.45) is 0.993. The second-order valence-electron chi connectivity index (χ2n) is 6.42. The highest BCUT2D eigenvalue weighted by Crippen LogP contribution is 2.13. The maximum Gasteiger partial charge on any atom is 0.0237 e. The maximum absolute atomic E-state index is 6.14. The van der Waals surface area contributed by atoms with Gasteiger partial charge in [-0.2, -0.15) is 0 Å². The van der Waals surface area contributed by atoms with Gasteiger partial charge in [0, 0.05) is 25.2 Å². The van der Waals surface area contributed by atoms with Crippen molar-refractivity contribution in [3.05, 3.63) is 71.8 Å². The van der Waals surface area contributed by atoms with Gasteiger partial charge in [0.15, 0.2) is 0 Å². The van der Waals surface area contributed by atoms with E-state index in [-0.39, 0.29) is 5.54 Å². The first-order valence-corrected chi connectivity index (χ1v) is 7.62. The van der Waals surface area contributed by atoms with Crippen molar-refractivity contribution in [1.29, 1.82) is 0 Å². The van der Waals surface area contributed by atoms with Crippen molar-refractivity contribution in [2.24, 2.45) is 5.73 Å².